The largest absolute Gasteiger partial charge is 0.508 e. The number of carbonyl (C=O) groups excluding carboxylic acids is 2. The van der Waals surface area contributed by atoms with E-state index >= 15 is 0 Å². The summed E-state index contributed by atoms with van der Waals surface area (Å²) < 4.78 is 15.1. The van der Waals surface area contributed by atoms with Crippen LogP contribution in [0.25, 0.3) is 0 Å². The van der Waals surface area contributed by atoms with Crippen LogP contribution in [0.1, 0.15) is 71.6 Å². The zero-order valence-corrected chi connectivity index (χ0v) is 18.4. The standard InChI is InChI=1S/C23H37NO5/c1-22-11-9-15(29-21(26)28-4)13-14(22)5-6-16-17-7-8-19(24-20(25)27-3)23(17,2)12-10-18(16)22/h14-19H,5-13H2,1-4H3,(H,24,25). The van der Waals surface area contributed by atoms with E-state index in [1.54, 1.807) is 0 Å². The smallest absolute Gasteiger partial charge is 0.453 e. The first-order chi connectivity index (χ1) is 13.8. The Hall–Kier alpha value is -1.46. The minimum Gasteiger partial charge on any atom is -0.453 e. The first-order valence-electron chi connectivity index (χ1n) is 11.4. The van der Waals surface area contributed by atoms with Crippen LogP contribution in [-0.2, 0) is 14.2 Å². The van der Waals surface area contributed by atoms with Crippen molar-refractivity contribution in [3.05, 3.63) is 0 Å². The van der Waals surface area contributed by atoms with E-state index in [-0.39, 0.29) is 23.7 Å². The Morgan fingerprint density at radius 1 is 0.862 bits per heavy atom. The van der Waals surface area contributed by atoms with Crippen molar-refractivity contribution in [2.75, 3.05) is 14.2 Å². The number of alkyl carbamates (subject to hydrolysis) is 1. The zero-order chi connectivity index (χ0) is 20.8. The van der Waals surface area contributed by atoms with Gasteiger partial charge >= 0.3 is 12.2 Å². The molecule has 4 fully saturated rings. The third-order valence-corrected chi connectivity index (χ3v) is 9.52. The molecule has 0 heterocycles. The third-order valence-electron chi connectivity index (χ3n) is 9.52. The minimum atomic E-state index is -0.546. The van der Waals surface area contributed by atoms with Crippen molar-refractivity contribution in [2.45, 2.75) is 83.8 Å². The second-order valence-corrected chi connectivity index (χ2v) is 10.4. The van der Waals surface area contributed by atoms with Crippen molar-refractivity contribution in [3.8, 4) is 0 Å². The Balaban J connectivity index is 1.47. The first kappa shape index (κ1) is 20.8. The van der Waals surface area contributed by atoms with Crippen molar-refractivity contribution < 1.29 is 23.8 Å². The van der Waals surface area contributed by atoms with Crippen LogP contribution in [0.3, 0.4) is 0 Å². The van der Waals surface area contributed by atoms with Crippen LogP contribution in [0, 0.1) is 34.5 Å². The molecule has 164 valence electrons. The van der Waals surface area contributed by atoms with Gasteiger partial charge in [0, 0.05) is 6.04 Å². The molecule has 1 N–H and O–H groups in total. The van der Waals surface area contributed by atoms with Crippen molar-refractivity contribution in [3.63, 3.8) is 0 Å². The molecule has 0 spiro atoms. The predicted octanol–water partition coefficient (Wildman–Crippen LogP) is 4.91. The van der Waals surface area contributed by atoms with E-state index in [0.717, 1.165) is 37.5 Å². The number of hydrogen-bond donors (Lipinski definition) is 1. The van der Waals surface area contributed by atoms with Gasteiger partial charge in [-0.15, -0.1) is 0 Å². The molecule has 0 saturated heterocycles. The molecule has 0 aromatic heterocycles. The van der Waals surface area contributed by atoms with E-state index in [4.69, 9.17) is 14.2 Å². The average Bonchev–Trinajstić information content (AvgIpc) is 3.04. The second-order valence-electron chi connectivity index (χ2n) is 10.4. The number of rotatable bonds is 2. The van der Waals surface area contributed by atoms with Crippen molar-refractivity contribution >= 4 is 12.2 Å². The maximum atomic E-state index is 11.9. The molecule has 0 radical (unpaired) electrons. The summed E-state index contributed by atoms with van der Waals surface area (Å²) in [6, 6.07) is 0.232. The fraction of sp³-hybridized carbons (Fsp3) is 0.913. The maximum absolute atomic E-state index is 11.9. The maximum Gasteiger partial charge on any atom is 0.508 e. The van der Waals surface area contributed by atoms with E-state index < -0.39 is 6.16 Å². The van der Waals surface area contributed by atoms with E-state index in [9.17, 15) is 9.59 Å². The highest BCUT2D eigenvalue weighted by Crippen LogP contribution is 2.66. The summed E-state index contributed by atoms with van der Waals surface area (Å²) in [6.07, 6.45) is 9.40. The Kier molecular flexibility index (Phi) is 5.49. The molecule has 0 aromatic rings. The zero-order valence-electron chi connectivity index (χ0n) is 18.4. The van der Waals surface area contributed by atoms with E-state index in [2.05, 4.69) is 19.2 Å². The summed E-state index contributed by atoms with van der Waals surface area (Å²) in [7, 11) is 2.83. The summed E-state index contributed by atoms with van der Waals surface area (Å²) >= 11 is 0. The number of carbonyl (C=O) groups is 2. The van der Waals surface area contributed by atoms with Crippen LogP contribution >= 0.6 is 0 Å². The molecular formula is C23H37NO5. The van der Waals surface area contributed by atoms with Gasteiger partial charge in [-0.2, -0.15) is 0 Å². The topological polar surface area (TPSA) is 73.9 Å². The van der Waals surface area contributed by atoms with E-state index in [1.807, 2.05) is 0 Å². The molecule has 8 atom stereocenters. The number of fused-ring (bicyclic) bond motifs is 5. The van der Waals surface area contributed by atoms with Gasteiger partial charge in [-0.25, -0.2) is 9.59 Å². The lowest BCUT2D eigenvalue weighted by Gasteiger charge is -2.61. The normalized spacial score (nSPS) is 45.9. The second kappa shape index (κ2) is 7.66. The van der Waals surface area contributed by atoms with Gasteiger partial charge < -0.3 is 19.5 Å². The van der Waals surface area contributed by atoms with E-state index in [0.29, 0.717) is 17.3 Å². The van der Waals surface area contributed by atoms with Gasteiger partial charge in [0.15, 0.2) is 0 Å². The van der Waals surface area contributed by atoms with Gasteiger partial charge in [-0.3, -0.25) is 0 Å². The monoisotopic (exact) mass is 407 g/mol. The van der Waals surface area contributed by atoms with Crippen LogP contribution in [0.4, 0.5) is 9.59 Å². The summed E-state index contributed by atoms with van der Waals surface area (Å²) in [4.78, 5) is 23.4. The van der Waals surface area contributed by atoms with E-state index in [1.165, 1.54) is 46.3 Å². The molecule has 4 saturated carbocycles. The lowest BCUT2D eigenvalue weighted by molar-refractivity contribution is -0.126. The Bertz CT molecular complexity index is 653. The summed E-state index contributed by atoms with van der Waals surface area (Å²) in [6.45, 7) is 4.90. The minimum absolute atomic E-state index is 0.00560. The van der Waals surface area contributed by atoms with Crippen LogP contribution < -0.4 is 5.32 Å². The van der Waals surface area contributed by atoms with Gasteiger partial charge in [0.2, 0.25) is 0 Å². The molecule has 0 bridgehead atoms. The molecule has 8 unspecified atom stereocenters. The number of methoxy groups -OCH3 is 2. The van der Waals surface area contributed by atoms with Crippen LogP contribution in [-0.4, -0.2) is 38.6 Å². The number of hydrogen-bond acceptors (Lipinski definition) is 5. The molecule has 6 heteroatoms. The van der Waals surface area contributed by atoms with Crippen molar-refractivity contribution in [2.24, 2.45) is 34.5 Å². The fourth-order valence-electron chi connectivity index (χ4n) is 7.95. The molecule has 29 heavy (non-hydrogen) atoms. The number of ether oxygens (including phenoxy) is 3. The van der Waals surface area contributed by atoms with Gasteiger partial charge in [0.25, 0.3) is 0 Å². The van der Waals surface area contributed by atoms with Crippen LogP contribution in [0.15, 0.2) is 0 Å². The number of nitrogens with one attached hydrogen (secondary N) is 1. The van der Waals surface area contributed by atoms with Gasteiger partial charge in [-0.05, 0) is 92.3 Å². The quantitative estimate of drug-likeness (QED) is 0.659. The molecule has 1 amide bonds. The van der Waals surface area contributed by atoms with Gasteiger partial charge in [0.05, 0.1) is 14.2 Å². The summed E-state index contributed by atoms with van der Waals surface area (Å²) in [5.74, 6) is 2.81. The Morgan fingerprint density at radius 2 is 1.59 bits per heavy atom. The SMILES string of the molecule is COC(=O)NC1CCC2C3CCC4CC(OC(=O)OC)CCC4(C)C3CCC12C. The third kappa shape index (κ3) is 3.40. The van der Waals surface area contributed by atoms with Crippen LogP contribution in [0.5, 0.6) is 0 Å². The molecule has 0 aliphatic heterocycles. The molecule has 4 aliphatic carbocycles. The highest BCUT2D eigenvalue weighted by molar-refractivity contribution is 5.67. The lowest BCUT2D eigenvalue weighted by Crippen LogP contribution is -2.56. The first-order valence-corrected chi connectivity index (χ1v) is 11.4. The highest BCUT2D eigenvalue weighted by Gasteiger charge is 2.60. The summed E-state index contributed by atoms with van der Waals surface area (Å²) in [5, 5.41) is 3.14. The lowest BCUT2D eigenvalue weighted by atomic mass is 9.45. The van der Waals surface area contributed by atoms with Crippen molar-refractivity contribution in [1.29, 1.82) is 0 Å². The highest BCUT2D eigenvalue weighted by atomic mass is 16.7. The van der Waals surface area contributed by atoms with Gasteiger partial charge in [-0.1, -0.05) is 13.8 Å². The average molecular weight is 408 g/mol. The molecular weight excluding hydrogens is 370 g/mol. The molecule has 6 nitrogen and oxygen atoms in total. The van der Waals surface area contributed by atoms with Gasteiger partial charge in [0.1, 0.15) is 6.10 Å². The number of amides is 1. The van der Waals surface area contributed by atoms with Crippen molar-refractivity contribution in [1.82, 2.24) is 5.32 Å². The Labute approximate surface area is 174 Å². The molecule has 4 aliphatic rings. The fourth-order valence-corrected chi connectivity index (χ4v) is 7.95. The van der Waals surface area contributed by atoms with Crippen LogP contribution in [0.2, 0.25) is 0 Å². The molecule has 4 rings (SSSR count). The predicted molar refractivity (Wildman–Crippen MR) is 108 cm³/mol. The Morgan fingerprint density at radius 3 is 2.31 bits per heavy atom. The molecule has 0 aromatic carbocycles. The summed E-state index contributed by atoms with van der Waals surface area (Å²) in [5.41, 5.74) is 0.526.